The Kier molecular flexibility index (Phi) is 17.5. The van der Waals surface area contributed by atoms with Crippen LogP contribution in [0.25, 0.3) is 0 Å². The number of carbonyl (C=O) groups excluding carboxylic acids is 1. The van der Waals surface area contributed by atoms with Crippen molar-refractivity contribution in [2.45, 2.75) is 83.1 Å². The molecular formula is C43H60ClN3O10. The molecule has 1 amide bonds. The Bertz CT molecular complexity index is 1660. The number of aliphatic hydroxyl groups excluding tert-OH is 3. The quantitative estimate of drug-likeness (QED) is 0.0472. The van der Waals surface area contributed by atoms with Crippen molar-refractivity contribution in [3.8, 4) is 11.5 Å². The number of oxime groups is 1. The highest BCUT2D eigenvalue weighted by Crippen LogP contribution is 2.62. The molecule has 2 heterocycles. The van der Waals surface area contributed by atoms with E-state index in [-0.39, 0.29) is 89.5 Å². The molecule has 1 aromatic heterocycles. The maximum absolute atomic E-state index is 14.1. The van der Waals surface area contributed by atoms with E-state index < -0.39 is 23.8 Å². The number of benzene rings is 1. The molecule has 0 radical (unpaired) electrons. The lowest BCUT2D eigenvalue weighted by molar-refractivity contribution is -0.256. The molecule has 0 bridgehead atoms. The summed E-state index contributed by atoms with van der Waals surface area (Å²) in [5, 5.41) is 33.9. The van der Waals surface area contributed by atoms with Crippen LogP contribution in [-0.2, 0) is 25.7 Å². The second-order valence-corrected chi connectivity index (χ2v) is 15.0. The van der Waals surface area contributed by atoms with Crippen LogP contribution in [0.5, 0.6) is 11.5 Å². The SMILES string of the molecule is C=CCOC12Oc3ccc(OCc4cccc(C)n4)cc3C3C(CCCCO)C(CCCCO)C=C(C(=NOCC)CC1N(CCOCCO)C(=O)OCCCl)C32. The van der Waals surface area contributed by atoms with E-state index in [0.717, 1.165) is 48.2 Å². The highest BCUT2D eigenvalue weighted by molar-refractivity contribution is 6.18. The smallest absolute Gasteiger partial charge is 0.410 e. The van der Waals surface area contributed by atoms with E-state index in [0.29, 0.717) is 36.7 Å². The zero-order chi connectivity index (χ0) is 40.6. The zero-order valence-corrected chi connectivity index (χ0v) is 34.1. The molecule has 57 heavy (non-hydrogen) atoms. The Balaban J connectivity index is 1.73. The van der Waals surface area contributed by atoms with Gasteiger partial charge in [0, 0.05) is 43.4 Å². The van der Waals surface area contributed by atoms with E-state index in [9.17, 15) is 20.1 Å². The van der Waals surface area contributed by atoms with Crippen molar-refractivity contribution < 1.29 is 48.6 Å². The number of aryl methyl sites for hydroxylation is 1. The number of pyridine rings is 1. The third-order valence-corrected chi connectivity index (χ3v) is 11.1. The van der Waals surface area contributed by atoms with Crippen molar-refractivity contribution in [3.05, 3.63) is 77.7 Å². The number of nitrogens with zero attached hydrogens (tertiary/aromatic N) is 3. The molecule has 2 aromatic rings. The Labute approximate surface area is 341 Å². The lowest BCUT2D eigenvalue weighted by Crippen LogP contribution is -2.70. The molecule has 314 valence electrons. The number of rotatable bonds is 24. The van der Waals surface area contributed by atoms with E-state index in [1.165, 1.54) is 0 Å². The average Bonchev–Trinajstić information content (AvgIpc) is 3.22. The van der Waals surface area contributed by atoms with Gasteiger partial charge in [0.05, 0.1) is 49.6 Å². The first-order chi connectivity index (χ1) is 27.8. The largest absolute Gasteiger partial charge is 0.487 e. The van der Waals surface area contributed by atoms with Crippen molar-refractivity contribution in [1.29, 1.82) is 0 Å². The van der Waals surface area contributed by atoms with Gasteiger partial charge in [-0.1, -0.05) is 36.2 Å². The summed E-state index contributed by atoms with van der Waals surface area (Å²) in [5.41, 5.74) is 4.26. The molecule has 6 unspecified atom stereocenters. The highest BCUT2D eigenvalue weighted by atomic mass is 35.5. The Morgan fingerprint density at radius 2 is 1.89 bits per heavy atom. The number of amides is 1. The molecule has 3 aliphatic rings. The van der Waals surface area contributed by atoms with E-state index in [1.54, 1.807) is 11.0 Å². The minimum absolute atomic E-state index is 0.00823. The number of allylic oxidation sites excluding steroid dienone is 1. The number of hydrogen-bond acceptors (Lipinski definition) is 12. The summed E-state index contributed by atoms with van der Waals surface area (Å²) in [4.78, 5) is 26.1. The number of hydrogen-bond donors (Lipinski definition) is 3. The molecule has 2 aliphatic carbocycles. The Morgan fingerprint density at radius 3 is 2.61 bits per heavy atom. The topological polar surface area (TPSA) is 162 Å². The van der Waals surface area contributed by atoms with Crippen LogP contribution in [-0.4, -0.2) is 114 Å². The van der Waals surface area contributed by atoms with Gasteiger partial charge in [-0.05, 0) is 87.3 Å². The van der Waals surface area contributed by atoms with Gasteiger partial charge >= 0.3 is 6.09 Å². The van der Waals surface area contributed by atoms with E-state index in [4.69, 9.17) is 45.3 Å². The van der Waals surface area contributed by atoms with Gasteiger partial charge in [0.15, 0.2) is 0 Å². The summed E-state index contributed by atoms with van der Waals surface area (Å²) >= 11 is 6.00. The summed E-state index contributed by atoms with van der Waals surface area (Å²) in [6, 6.07) is 10.9. The molecule has 0 saturated heterocycles. The number of halogens is 1. The average molecular weight is 814 g/mol. The van der Waals surface area contributed by atoms with Gasteiger partial charge in [-0.15, -0.1) is 18.2 Å². The monoisotopic (exact) mass is 813 g/mol. The molecule has 5 rings (SSSR count). The fourth-order valence-corrected chi connectivity index (χ4v) is 8.71. The second-order valence-electron chi connectivity index (χ2n) is 14.6. The van der Waals surface area contributed by atoms with E-state index in [1.807, 2.05) is 44.2 Å². The third-order valence-electron chi connectivity index (χ3n) is 10.9. The highest BCUT2D eigenvalue weighted by Gasteiger charge is 2.65. The van der Waals surface area contributed by atoms with Crippen molar-refractivity contribution in [2.24, 2.45) is 22.9 Å². The second kappa shape index (κ2) is 22.4. The van der Waals surface area contributed by atoms with Gasteiger partial charge < -0.3 is 43.8 Å². The Morgan fingerprint density at radius 1 is 1.09 bits per heavy atom. The Hall–Kier alpha value is -3.72. The van der Waals surface area contributed by atoms with Gasteiger partial charge in [-0.3, -0.25) is 9.88 Å². The standard InChI is InChI=1S/C43H60ClN3O10/c1-4-22-55-43-39(47(18-24-52-25-21-50)42(51)53-23-17-44)28-37(46-56-5-2)35-26-31(12-6-8-19-48)34(14-7-9-20-49)40(41(35)43)36-27-33(15-16-38(36)57-43)54-29-32-13-10-11-30(3)45-32/h4,10-11,13,15-16,26-27,31,34,39-41,48-50H,1,5-9,12,14,17-25,28-29H2,2-3H3. The summed E-state index contributed by atoms with van der Waals surface area (Å²) in [7, 11) is 0. The van der Waals surface area contributed by atoms with E-state index >= 15 is 0 Å². The predicted molar refractivity (Wildman–Crippen MR) is 217 cm³/mol. The molecule has 14 heteroatoms. The molecular weight excluding hydrogens is 754 g/mol. The first-order valence-electron chi connectivity index (χ1n) is 20.3. The van der Waals surface area contributed by atoms with Crippen LogP contribution in [0.3, 0.4) is 0 Å². The molecule has 0 spiro atoms. The molecule has 1 fully saturated rings. The van der Waals surface area contributed by atoms with Crippen molar-refractivity contribution in [3.63, 3.8) is 0 Å². The summed E-state index contributed by atoms with van der Waals surface area (Å²) < 4.78 is 31.9. The van der Waals surface area contributed by atoms with Crippen LogP contribution >= 0.6 is 11.6 Å². The zero-order valence-electron chi connectivity index (χ0n) is 33.4. The maximum atomic E-state index is 14.1. The molecule has 6 atom stereocenters. The van der Waals surface area contributed by atoms with Crippen LogP contribution in [0.2, 0.25) is 0 Å². The maximum Gasteiger partial charge on any atom is 0.410 e. The van der Waals surface area contributed by atoms with Crippen LogP contribution in [0.15, 0.2) is 65.9 Å². The van der Waals surface area contributed by atoms with Crippen molar-refractivity contribution >= 4 is 23.4 Å². The van der Waals surface area contributed by atoms with Crippen LogP contribution in [0.4, 0.5) is 4.79 Å². The van der Waals surface area contributed by atoms with E-state index in [2.05, 4.69) is 23.7 Å². The minimum atomic E-state index is -1.46. The number of aliphatic hydroxyl groups is 3. The van der Waals surface area contributed by atoms with Crippen LogP contribution < -0.4 is 9.47 Å². The molecule has 3 N–H and O–H groups in total. The fourth-order valence-electron chi connectivity index (χ4n) is 8.63. The third kappa shape index (κ3) is 10.9. The van der Waals surface area contributed by atoms with Crippen molar-refractivity contribution in [1.82, 2.24) is 9.88 Å². The summed E-state index contributed by atoms with van der Waals surface area (Å²) in [6.45, 7) is 8.86. The van der Waals surface area contributed by atoms with Crippen LogP contribution in [0, 0.1) is 24.7 Å². The number of alkyl halides is 1. The first kappa shape index (κ1) is 44.4. The number of aromatic nitrogens is 1. The van der Waals surface area contributed by atoms with Crippen molar-refractivity contribution in [2.75, 3.05) is 65.3 Å². The van der Waals surface area contributed by atoms with Gasteiger partial charge in [-0.2, -0.15) is 0 Å². The molecule has 1 saturated carbocycles. The van der Waals surface area contributed by atoms with Gasteiger partial charge in [0.25, 0.3) is 0 Å². The van der Waals surface area contributed by atoms with Crippen LogP contribution in [0.1, 0.15) is 74.7 Å². The molecule has 1 aromatic carbocycles. The summed E-state index contributed by atoms with van der Waals surface area (Å²) in [5.74, 6) is -0.683. The minimum Gasteiger partial charge on any atom is -0.487 e. The predicted octanol–water partition coefficient (Wildman–Crippen LogP) is 6.31. The number of carbonyl (C=O) groups is 1. The fraction of sp³-hybridized carbons (Fsp3) is 0.605. The lowest BCUT2D eigenvalue weighted by Gasteiger charge is -2.59. The normalized spacial score (nSPS) is 24.1. The van der Waals surface area contributed by atoms with Gasteiger partial charge in [-0.25, -0.2) is 4.79 Å². The number of unbranched alkanes of at least 4 members (excludes halogenated alkanes) is 2. The lowest BCUT2D eigenvalue weighted by atomic mass is 9.55. The van der Waals surface area contributed by atoms with Gasteiger partial charge in [0.2, 0.25) is 5.79 Å². The molecule has 13 nitrogen and oxygen atoms in total. The summed E-state index contributed by atoms with van der Waals surface area (Å²) in [6.07, 6.45) is 8.11. The first-order valence-corrected chi connectivity index (χ1v) is 20.8. The number of fused-ring (bicyclic) bond motifs is 2. The molecule has 1 aliphatic heterocycles. The number of ether oxygens (including phenoxy) is 5. The van der Waals surface area contributed by atoms with Gasteiger partial charge in [0.1, 0.15) is 37.4 Å².